The molecule has 0 aromatic carbocycles. The molecule has 1 heterocycles. The molecule has 3 N–H and O–H groups in total. The summed E-state index contributed by atoms with van der Waals surface area (Å²) in [5, 5.41) is 16.1. The molecule has 13 nitrogen and oxygen atoms in total. The molecule has 282 valence electrons. The first-order valence-corrected chi connectivity index (χ1v) is 17.8. The van der Waals surface area contributed by atoms with Gasteiger partial charge in [0.1, 0.15) is 30.5 Å². The highest BCUT2D eigenvalue weighted by Crippen LogP contribution is 2.20. The summed E-state index contributed by atoms with van der Waals surface area (Å²) in [6.45, 7) is 19.2. The van der Waals surface area contributed by atoms with Crippen molar-refractivity contribution in [1.82, 2.24) is 25.3 Å². The van der Waals surface area contributed by atoms with Crippen molar-refractivity contribution in [3.8, 4) is 0 Å². The van der Waals surface area contributed by atoms with Crippen LogP contribution in [-0.2, 0) is 33.5 Å². The summed E-state index contributed by atoms with van der Waals surface area (Å²) >= 11 is 0. The van der Waals surface area contributed by atoms with E-state index in [4.69, 9.17) is 4.74 Å². The van der Waals surface area contributed by atoms with Gasteiger partial charge < -0.3 is 40.0 Å². The van der Waals surface area contributed by atoms with E-state index in [1.54, 1.807) is 7.05 Å². The predicted octanol–water partition coefficient (Wildman–Crippen LogP) is 2.52. The molecule has 0 saturated carbocycles. The van der Waals surface area contributed by atoms with Crippen molar-refractivity contribution >= 4 is 35.8 Å². The number of hydrogen-bond acceptors (Lipinski definition) is 8. The van der Waals surface area contributed by atoms with Gasteiger partial charge in [-0.05, 0) is 77.6 Å². The second-order valence-corrected chi connectivity index (χ2v) is 15.8. The third-order valence-corrected chi connectivity index (χ3v) is 8.63. The second-order valence-electron chi connectivity index (χ2n) is 15.8. The number of amides is 5. The Kier molecular flexibility index (Phi) is 17.9. The van der Waals surface area contributed by atoms with Crippen molar-refractivity contribution in [1.29, 1.82) is 0 Å². The SMILES string of the molecule is CC(C)CC(NC(=O)[C@H](CC(C)C)N(C)C(=O)CCOC(C)(C)C)C(=O)N(C)[C@@H](CC(C)C)C(=O)N[C@H](C(=O)N1CCCC1C=O)[C@@H](C)O. The van der Waals surface area contributed by atoms with E-state index in [1.165, 1.54) is 28.7 Å². The zero-order valence-corrected chi connectivity index (χ0v) is 32.1. The van der Waals surface area contributed by atoms with Crippen LogP contribution in [0.4, 0.5) is 0 Å². The molecule has 0 bridgehead atoms. The molecule has 0 spiro atoms. The van der Waals surface area contributed by atoms with Gasteiger partial charge in [-0.15, -0.1) is 0 Å². The highest BCUT2D eigenvalue weighted by Gasteiger charge is 2.40. The van der Waals surface area contributed by atoms with Gasteiger partial charge in [-0.25, -0.2) is 0 Å². The number of hydrogen-bond donors (Lipinski definition) is 3. The van der Waals surface area contributed by atoms with E-state index in [-0.39, 0.29) is 49.5 Å². The summed E-state index contributed by atoms with van der Waals surface area (Å²) in [5.74, 6) is -2.34. The fraction of sp³-hybridized carbons (Fsp3) is 0.833. The lowest BCUT2D eigenvalue weighted by molar-refractivity contribution is -0.147. The normalized spacial score (nSPS) is 18.1. The molecule has 1 fully saturated rings. The van der Waals surface area contributed by atoms with Gasteiger partial charge in [0.15, 0.2) is 0 Å². The zero-order valence-electron chi connectivity index (χ0n) is 32.1. The lowest BCUT2D eigenvalue weighted by Crippen LogP contribution is -2.61. The number of rotatable bonds is 19. The van der Waals surface area contributed by atoms with Crippen LogP contribution in [0.25, 0.3) is 0 Å². The molecule has 1 saturated heterocycles. The molecule has 5 amide bonds. The van der Waals surface area contributed by atoms with Crippen LogP contribution in [0.15, 0.2) is 0 Å². The van der Waals surface area contributed by atoms with Gasteiger partial charge in [-0.3, -0.25) is 24.0 Å². The van der Waals surface area contributed by atoms with Crippen molar-refractivity contribution in [2.24, 2.45) is 17.8 Å². The van der Waals surface area contributed by atoms with Crippen molar-refractivity contribution in [2.45, 2.75) is 150 Å². The standard InChI is InChI=1S/C36H65N5O8/c1-22(2)18-27(37-32(45)28(19-23(3)4)39(11)30(44)15-17-49-36(8,9)10)34(47)40(12)29(20-24(5)6)33(46)38-31(25(7)43)35(48)41-16-13-14-26(41)21-42/h21-29,31,43H,13-20H2,1-12H3,(H,37,45)(H,38,46)/t25-,26?,27?,28+,29+,31+/m1/s1. The Bertz CT molecular complexity index is 1120. The van der Waals surface area contributed by atoms with Gasteiger partial charge in [0.2, 0.25) is 29.5 Å². The molecule has 49 heavy (non-hydrogen) atoms. The van der Waals surface area contributed by atoms with E-state index in [1.807, 2.05) is 62.3 Å². The number of carbonyl (C=O) groups excluding carboxylic acids is 6. The van der Waals surface area contributed by atoms with Crippen molar-refractivity contribution in [3.05, 3.63) is 0 Å². The molecule has 0 aromatic rings. The number of ether oxygens (including phenoxy) is 1. The van der Waals surface area contributed by atoms with Crippen LogP contribution in [0.2, 0.25) is 0 Å². The topological polar surface area (TPSA) is 166 Å². The number of likely N-dealkylation sites (N-methyl/N-ethyl adjacent to an activating group) is 2. The highest BCUT2D eigenvalue weighted by molar-refractivity contribution is 5.96. The van der Waals surface area contributed by atoms with Crippen LogP contribution >= 0.6 is 0 Å². The smallest absolute Gasteiger partial charge is 0.248 e. The number of nitrogens with zero attached hydrogens (tertiary/aromatic N) is 3. The predicted molar refractivity (Wildman–Crippen MR) is 188 cm³/mol. The maximum absolute atomic E-state index is 14.1. The van der Waals surface area contributed by atoms with Crippen LogP contribution in [0.5, 0.6) is 0 Å². The van der Waals surface area contributed by atoms with Crippen LogP contribution in [0.3, 0.4) is 0 Å². The lowest BCUT2D eigenvalue weighted by atomic mass is 9.97. The fourth-order valence-corrected chi connectivity index (χ4v) is 5.95. The van der Waals surface area contributed by atoms with Crippen molar-refractivity contribution in [2.75, 3.05) is 27.2 Å². The van der Waals surface area contributed by atoms with Crippen molar-refractivity contribution < 1.29 is 38.6 Å². The monoisotopic (exact) mass is 695 g/mol. The van der Waals surface area contributed by atoms with E-state index >= 15 is 0 Å². The average molecular weight is 696 g/mol. The molecule has 1 aliphatic heterocycles. The first kappa shape index (κ1) is 44.0. The number of nitrogens with one attached hydrogen (secondary N) is 2. The number of likely N-dealkylation sites (tertiary alicyclic amines) is 1. The summed E-state index contributed by atoms with van der Waals surface area (Å²) in [6.07, 6.45) is 1.61. The zero-order chi connectivity index (χ0) is 37.8. The van der Waals surface area contributed by atoms with E-state index in [0.717, 1.165) is 0 Å². The van der Waals surface area contributed by atoms with Gasteiger partial charge in [0.25, 0.3) is 0 Å². The molecule has 0 aliphatic carbocycles. The van der Waals surface area contributed by atoms with Crippen LogP contribution in [-0.4, -0.2) is 125 Å². The summed E-state index contributed by atoms with van der Waals surface area (Å²) in [6, 6.07) is -4.77. The van der Waals surface area contributed by atoms with E-state index in [9.17, 15) is 33.9 Å². The second kappa shape index (κ2) is 20.0. The van der Waals surface area contributed by atoms with Crippen LogP contribution in [0, 0.1) is 17.8 Å². The minimum Gasteiger partial charge on any atom is -0.391 e. The van der Waals surface area contributed by atoms with Gasteiger partial charge in [-0.1, -0.05) is 41.5 Å². The molecule has 1 aliphatic rings. The minimum absolute atomic E-state index is 0.000879. The highest BCUT2D eigenvalue weighted by atomic mass is 16.5. The van der Waals surface area contributed by atoms with Crippen LogP contribution < -0.4 is 10.6 Å². The Labute approximate surface area is 294 Å². The maximum Gasteiger partial charge on any atom is 0.248 e. The summed E-state index contributed by atoms with van der Waals surface area (Å²) in [5.41, 5.74) is -0.408. The molecular weight excluding hydrogens is 630 g/mol. The number of aliphatic hydroxyl groups excluding tert-OH is 1. The molecule has 2 unspecified atom stereocenters. The summed E-state index contributed by atoms with van der Waals surface area (Å²) in [7, 11) is 3.08. The number of aliphatic hydroxyl groups is 1. The first-order chi connectivity index (χ1) is 22.6. The molecule has 1 rings (SSSR count). The first-order valence-electron chi connectivity index (χ1n) is 17.8. The Morgan fingerprint density at radius 2 is 1.37 bits per heavy atom. The Morgan fingerprint density at radius 3 is 1.84 bits per heavy atom. The lowest BCUT2D eigenvalue weighted by Gasteiger charge is -2.35. The minimum atomic E-state index is -1.31. The van der Waals surface area contributed by atoms with Gasteiger partial charge in [-0.2, -0.15) is 0 Å². The summed E-state index contributed by atoms with van der Waals surface area (Å²) in [4.78, 5) is 83.9. The van der Waals surface area contributed by atoms with Gasteiger partial charge >= 0.3 is 0 Å². The third-order valence-electron chi connectivity index (χ3n) is 8.63. The Hall–Kier alpha value is -3.06. The Morgan fingerprint density at radius 1 is 0.857 bits per heavy atom. The average Bonchev–Trinajstić information content (AvgIpc) is 3.47. The fourth-order valence-electron chi connectivity index (χ4n) is 5.95. The number of carbonyl (C=O) groups is 6. The van der Waals surface area contributed by atoms with Gasteiger partial charge in [0, 0.05) is 20.6 Å². The molecule has 6 atom stereocenters. The third kappa shape index (κ3) is 14.4. The quantitative estimate of drug-likeness (QED) is 0.174. The maximum atomic E-state index is 14.1. The largest absolute Gasteiger partial charge is 0.391 e. The molecule has 13 heteroatoms. The molecular formula is C36H65N5O8. The van der Waals surface area contributed by atoms with E-state index in [2.05, 4.69) is 10.6 Å². The van der Waals surface area contributed by atoms with Crippen LogP contribution in [0.1, 0.15) is 108 Å². The Balaban J connectivity index is 3.29. The van der Waals surface area contributed by atoms with E-state index in [0.29, 0.717) is 32.1 Å². The number of aldehydes is 1. The summed E-state index contributed by atoms with van der Waals surface area (Å²) < 4.78 is 5.71. The molecule has 0 aromatic heterocycles. The molecule has 0 radical (unpaired) electrons. The van der Waals surface area contributed by atoms with E-state index < -0.39 is 65.5 Å². The van der Waals surface area contributed by atoms with Crippen molar-refractivity contribution in [3.63, 3.8) is 0 Å². The van der Waals surface area contributed by atoms with Gasteiger partial charge in [0.05, 0.1) is 30.8 Å².